The number of fused-ring (bicyclic) bond motifs is 1. The average molecular weight is 213 g/mol. The summed E-state index contributed by atoms with van der Waals surface area (Å²) in [6.07, 6.45) is -2.51. The van der Waals surface area contributed by atoms with E-state index in [1.807, 2.05) is 0 Å². The van der Waals surface area contributed by atoms with Crippen molar-refractivity contribution in [2.75, 3.05) is 12.3 Å². The van der Waals surface area contributed by atoms with Crippen LogP contribution in [0.15, 0.2) is 18.2 Å². The lowest BCUT2D eigenvalue weighted by molar-refractivity contribution is 0.0777. The minimum atomic E-state index is -2.51. The molecule has 0 saturated carbocycles. The third-order valence-corrected chi connectivity index (χ3v) is 1.83. The Balaban J connectivity index is 2.23. The number of imidazole rings is 1. The maximum absolute atomic E-state index is 11.9. The Kier molecular flexibility index (Phi) is 2.40. The second kappa shape index (κ2) is 3.72. The summed E-state index contributed by atoms with van der Waals surface area (Å²) in [5, 5.41) is 0. The van der Waals surface area contributed by atoms with Crippen LogP contribution in [0.25, 0.3) is 11.0 Å². The average Bonchev–Trinajstić information content (AvgIpc) is 2.56. The van der Waals surface area contributed by atoms with Crippen LogP contribution in [0.4, 0.5) is 14.5 Å². The number of hydrogen-bond donors (Lipinski definition) is 2. The normalized spacial score (nSPS) is 11.1. The predicted octanol–water partition coefficient (Wildman–Crippen LogP) is 1.79. The molecule has 2 aromatic rings. The van der Waals surface area contributed by atoms with Gasteiger partial charge in [0, 0.05) is 5.69 Å². The van der Waals surface area contributed by atoms with Crippen LogP contribution in [0.2, 0.25) is 0 Å². The number of nitrogen functional groups attached to an aromatic ring is 1. The summed E-state index contributed by atoms with van der Waals surface area (Å²) < 4.78 is 28.4. The first kappa shape index (κ1) is 9.70. The number of aromatic nitrogens is 2. The fourth-order valence-electron chi connectivity index (χ4n) is 1.21. The van der Waals surface area contributed by atoms with Crippen molar-refractivity contribution in [3.63, 3.8) is 0 Å². The van der Waals surface area contributed by atoms with E-state index in [4.69, 9.17) is 10.5 Å². The van der Waals surface area contributed by atoms with Crippen molar-refractivity contribution < 1.29 is 13.5 Å². The van der Waals surface area contributed by atoms with Crippen LogP contribution in [0.3, 0.4) is 0 Å². The molecule has 1 aromatic carbocycles. The molecule has 0 fully saturated rings. The van der Waals surface area contributed by atoms with Gasteiger partial charge in [0.05, 0.1) is 11.0 Å². The number of nitrogens with zero attached hydrogens (tertiary/aromatic N) is 1. The Hall–Kier alpha value is -1.85. The van der Waals surface area contributed by atoms with E-state index in [0.29, 0.717) is 16.7 Å². The lowest BCUT2D eigenvalue weighted by Gasteiger charge is -1.99. The number of ether oxygens (including phenoxy) is 1. The van der Waals surface area contributed by atoms with Gasteiger partial charge in [0.15, 0.2) is 6.61 Å². The van der Waals surface area contributed by atoms with Gasteiger partial charge in [0.25, 0.3) is 12.4 Å². The van der Waals surface area contributed by atoms with Crippen molar-refractivity contribution in [1.29, 1.82) is 0 Å². The second-order valence-corrected chi connectivity index (χ2v) is 3.02. The maximum Gasteiger partial charge on any atom is 0.294 e. The first-order valence-corrected chi connectivity index (χ1v) is 4.31. The van der Waals surface area contributed by atoms with E-state index < -0.39 is 13.0 Å². The lowest BCUT2D eigenvalue weighted by Crippen LogP contribution is -2.07. The van der Waals surface area contributed by atoms with Crippen LogP contribution in [0, 0.1) is 0 Å². The zero-order chi connectivity index (χ0) is 10.8. The Morgan fingerprint density at radius 1 is 1.47 bits per heavy atom. The van der Waals surface area contributed by atoms with Gasteiger partial charge in [0.1, 0.15) is 0 Å². The molecule has 1 heterocycles. The molecule has 3 N–H and O–H groups in total. The zero-order valence-electron chi connectivity index (χ0n) is 7.71. The van der Waals surface area contributed by atoms with Crippen molar-refractivity contribution in [2.24, 2.45) is 0 Å². The van der Waals surface area contributed by atoms with Gasteiger partial charge in [-0.3, -0.25) is 0 Å². The Labute approximate surface area is 84.1 Å². The number of hydrogen-bond acceptors (Lipinski definition) is 3. The van der Waals surface area contributed by atoms with Crippen LogP contribution in [-0.2, 0) is 0 Å². The van der Waals surface area contributed by atoms with E-state index in [-0.39, 0.29) is 6.01 Å². The molecule has 0 radical (unpaired) electrons. The molecule has 0 unspecified atom stereocenters. The van der Waals surface area contributed by atoms with E-state index in [9.17, 15) is 8.78 Å². The number of rotatable bonds is 3. The van der Waals surface area contributed by atoms with E-state index in [1.54, 1.807) is 18.2 Å². The van der Waals surface area contributed by atoms with Crippen molar-refractivity contribution in [1.82, 2.24) is 9.97 Å². The van der Waals surface area contributed by atoms with E-state index in [0.717, 1.165) is 0 Å². The maximum atomic E-state index is 11.9. The highest BCUT2D eigenvalue weighted by Crippen LogP contribution is 2.18. The summed E-state index contributed by atoms with van der Waals surface area (Å²) in [7, 11) is 0. The molecule has 2 rings (SSSR count). The van der Waals surface area contributed by atoms with Gasteiger partial charge in [-0.1, -0.05) is 0 Å². The number of alkyl halides is 2. The predicted molar refractivity (Wildman–Crippen MR) is 52.0 cm³/mol. The van der Waals surface area contributed by atoms with Crippen LogP contribution >= 0.6 is 0 Å². The summed E-state index contributed by atoms with van der Waals surface area (Å²) in [4.78, 5) is 6.70. The number of halogens is 2. The lowest BCUT2D eigenvalue weighted by atomic mass is 10.3. The van der Waals surface area contributed by atoms with Gasteiger partial charge in [-0.2, -0.15) is 4.98 Å². The molecule has 0 spiro atoms. The van der Waals surface area contributed by atoms with Crippen molar-refractivity contribution in [2.45, 2.75) is 6.43 Å². The molecule has 15 heavy (non-hydrogen) atoms. The topological polar surface area (TPSA) is 63.9 Å². The molecule has 0 atom stereocenters. The molecule has 0 saturated heterocycles. The van der Waals surface area contributed by atoms with Gasteiger partial charge in [-0.05, 0) is 18.2 Å². The molecular formula is C9H9F2N3O. The van der Waals surface area contributed by atoms with Gasteiger partial charge >= 0.3 is 0 Å². The van der Waals surface area contributed by atoms with Crippen molar-refractivity contribution >= 4 is 16.7 Å². The molecule has 6 heteroatoms. The first-order valence-electron chi connectivity index (χ1n) is 4.31. The highest BCUT2D eigenvalue weighted by atomic mass is 19.3. The third kappa shape index (κ3) is 2.15. The highest BCUT2D eigenvalue weighted by molar-refractivity contribution is 5.79. The number of aromatic amines is 1. The zero-order valence-corrected chi connectivity index (χ0v) is 7.71. The van der Waals surface area contributed by atoms with E-state index >= 15 is 0 Å². The van der Waals surface area contributed by atoms with Crippen molar-refractivity contribution in [3.8, 4) is 6.01 Å². The molecule has 0 bridgehead atoms. The molecule has 0 aliphatic heterocycles. The Bertz CT molecular complexity index is 469. The smallest absolute Gasteiger partial charge is 0.294 e. The molecule has 4 nitrogen and oxygen atoms in total. The summed E-state index contributed by atoms with van der Waals surface area (Å²) >= 11 is 0. The number of H-pyrrole nitrogens is 1. The Morgan fingerprint density at radius 3 is 3.00 bits per heavy atom. The van der Waals surface area contributed by atoms with Gasteiger partial charge in [0.2, 0.25) is 0 Å². The van der Waals surface area contributed by atoms with E-state index in [2.05, 4.69) is 9.97 Å². The van der Waals surface area contributed by atoms with Crippen LogP contribution in [-0.4, -0.2) is 23.0 Å². The summed E-state index contributed by atoms with van der Waals surface area (Å²) in [6.45, 7) is -0.671. The molecule has 0 amide bonds. The number of nitrogens with one attached hydrogen (secondary N) is 1. The van der Waals surface area contributed by atoms with Gasteiger partial charge in [-0.15, -0.1) is 0 Å². The molecule has 1 aromatic heterocycles. The monoisotopic (exact) mass is 213 g/mol. The fraction of sp³-hybridized carbons (Fsp3) is 0.222. The van der Waals surface area contributed by atoms with Gasteiger partial charge in [-0.25, -0.2) is 8.78 Å². The standard InChI is InChI=1S/C9H9F2N3O/c10-8(11)4-15-9-13-6-2-1-5(12)3-7(6)14-9/h1-3,8H,4,12H2,(H,13,14). The largest absolute Gasteiger partial charge is 0.459 e. The van der Waals surface area contributed by atoms with Crippen LogP contribution < -0.4 is 10.5 Å². The minimum Gasteiger partial charge on any atom is -0.459 e. The third-order valence-electron chi connectivity index (χ3n) is 1.83. The second-order valence-electron chi connectivity index (χ2n) is 3.02. The quantitative estimate of drug-likeness (QED) is 0.764. The van der Waals surface area contributed by atoms with Gasteiger partial charge < -0.3 is 15.5 Å². The summed E-state index contributed by atoms with van der Waals surface area (Å²) in [5.74, 6) is 0. The number of benzene rings is 1. The minimum absolute atomic E-state index is 0.0795. The number of nitrogens with two attached hydrogens (primary N) is 1. The molecular weight excluding hydrogens is 204 g/mol. The summed E-state index contributed by atoms with van der Waals surface area (Å²) in [6, 6.07) is 5.12. The molecule has 0 aliphatic carbocycles. The fourth-order valence-corrected chi connectivity index (χ4v) is 1.21. The number of anilines is 1. The molecule has 80 valence electrons. The Morgan fingerprint density at radius 2 is 2.27 bits per heavy atom. The van der Waals surface area contributed by atoms with Crippen molar-refractivity contribution in [3.05, 3.63) is 18.2 Å². The van der Waals surface area contributed by atoms with Crippen LogP contribution in [0.5, 0.6) is 6.01 Å². The molecule has 0 aliphatic rings. The van der Waals surface area contributed by atoms with E-state index in [1.165, 1.54) is 0 Å². The highest BCUT2D eigenvalue weighted by Gasteiger charge is 2.07. The SMILES string of the molecule is Nc1ccc2nc(OCC(F)F)[nH]c2c1. The van der Waals surface area contributed by atoms with Crippen LogP contribution in [0.1, 0.15) is 0 Å². The summed E-state index contributed by atoms with van der Waals surface area (Å²) in [5.41, 5.74) is 7.42. The first-order chi connectivity index (χ1) is 7.15.